The Morgan fingerprint density at radius 2 is 0.800 bits per heavy atom. The van der Waals surface area contributed by atoms with Crippen LogP contribution in [0, 0.1) is 27.7 Å². The molecule has 6 aromatic heterocycles. The van der Waals surface area contributed by atoms with Crippen molar-refractivity contribution in [1.82, 2.24) is 0 Å². The van der Waals surface area contributed by atoms with E-state index < -0.39 is 28.9 Å². The molecule has 7 rings (SSSR count). The third kappa shape index (κ3) is 4.86. The van der Waals surface area contributed by atoms with Crippen LogP contribution in [0.2, 0.25) is 0 Å². The Bertz CT molecular complexity index is 2110. The third-order valence-electron chi connectivity index (χ3n) is 7.55. The second-order valence-corrected chi connectivity index (χ2v) is 18.1. The molecule has 6 heterocycles. The normalized spacial score (nSPS) is 17.1. The summed E-state index contributed by atoms with van der Waals surface area (Å²) in [7, 11) is 0. The van der Waals surface area contributed by atoms with Crippen LogP contribution in [0.4, 0.5) is 26.3 Å². The molecule has 0 nitrogen and oxygen atoms in total. The summed E-state index contributed by atoms with van der Waals surface area (Å²) >= 11 is 7.92. The molecule has 232 valence electrons. The Morgan fingerprint density at radius 3 is 1.33 bits per heavy atom. The number of hydrogen-bond acceptors (Lipinski definition) is 6. The summed E-state index contributed by atoms with van der Waals surface area (Å²) in [5.41, 5.74) is -3.17. The Balaban J connectivity index is 1.51. The molecule has 0 fully saturated rings. The lowest BCUT2D eigenvalue weighted by molar-refractivity contribution is -0.254. The summed E-state index contributed by atoms with van der Waals surface area (Å²) in [6.45, 7) is 7.38. The van der Waals surface area contributed by atoms with Gasteiger partial charge >= 0.3 is 17.8 Å². The molecule has 1 aliphatic carbocycles. The van der Waals surface area contributed by atoms with Gasteiger partial charge in [-0.15, -0.1) is 68.0 Å². The number of allylic oxidation sites excluding steroid dienone is 2. The fourth-order valence-electron chi connectivity index (χ4n) is 5.48. The Labute approximate surface area is 279 Å². The second-order valence-electron chi connectivity index (χ2n) is 10.8. The average molecular weight is 725 g/mol. The molecule has 0 radical (unpaired) electrons. The van der Waals surface area contributed by atoms with Crippen molar-refractivity contribution in [1.29, 1.82) is 0 Å². The Morgan fingerprint density at radius 1 is 0.400 bits per heavy atom. The van der Waals surface area contributed by atoms with Crippen LogP contribution in [0.25, 0.3) is 50.2 Å². The van der Waals surface area contributed by atoms with Crippen LogP contribution in [0.1, 0.15) is 30.6 Å². The van der Waals surface area contributed by atoms with Crippen LogP contribution in [0.5, 0.6) is 0 Å². The highest BCUT2D eigenvalue weighted by Crippen LogP contribution is 2.67. The summed E-state index contributed by atoms with van der Waals surface area (Å²) in [6.07, 6.45) is 0. The Hall–Kier alpha value is -2.48. The summed E-state index contributed by atoms with van der Waals surface area (Å²) in [4.78, 5) is 8.34. The van der Waals surface area contributed by atoms with E-state index in [9.17, 15) is 0 Å². The zero-order valence-corrected chi connectivity index (χ0v) is 28.9. The van der Waals surface area contributed by atoms with Gasteiger partial charge in [-0.25, -0.2) is 0 Å². The van der Waals surface area contributed by atoms with Gasteiger partial charge in [-0.2, -0.15) is 26.3 Å². The van der Waals surface area contributed by atoms with Crippen molar-refractivity contribution in [2.24, 2.45) is 0 Å². The molecule has 0 spiro atoms. The minimum atomic E-state index is -5.64. The lowest BCUT2D eigenvalue weighted by atomic mass is 9.94. The van der Waals surface area contributed by atoms with Crippen molar-refractivity contribution in [2.75, 3.05) is 0 Å². The SMILES string of the molecule is Cc1ccc(-c2ccc(-c3sc(C)cc3C3=C(c4cc(-c5ccc(C)s5)sc4-c4ccc(C)s4)C(F)(F)C(F)(F)C3(F)F)s2)s1. The van der Waals surface area contributed by atoms with Crippen molar-refractivity contribution in [3.8, 4) is 39.0 Å². The Kier molecular flexibility index (Phi) is 7.46. The number of thiophene rings is 6. The highest BCUT2D eigenvalue weighted by molar-refractivity contribution is 7.27. The summed E-state index contributed by atoms with van der Waals surface area (Å²) in [5.74, 6) is -15.9. The van der Waals surface area contributed by atoms with Gasteiger partial charge in [0.1, 0.15) is 0 Å². The van der Waals surface area contributed by atoms with Crippen molar-refractivity contribution in [3.63, 3.8) is 0 Å². The topological polar surface area (TPSA) is 0 Å². The molecule has 1 aliphatic rings. The first-order chi connectivity index (χ1) is 21.2. The predicted molar refractivity (Wildman–Crippen MR) is 182 cm³/mol. The van der Waals surface area contributed by atoms with Gasteiger partial charge < -0.3 is 0 Å². The maximum absolute atomic E-state index is 16.1. The second kappa shape index (κ2) is 10.8. The van der Waals surface area contributed by atoms with Gasteiger partial charge in [0.25, 0.3) is 0 Å². The molecule has 0 amide bonds. The molecule has 0 bridgehead atoms. The smallest absolute Gasteiger partial charge is 0.194 e. The lowest BCUT2D eigenvalue weighted by Crippen LogP contribution is -2.48. The van der Waals surface area contributed by atoms with Crippen LogP contribution in [-0.4, -0.2) is 17.8 Å². The van der Waals surface area contributed by atoms with E-state index in [1.807, 2.05) is 51.1 Å². The van der Waals surface area contributed by atoms with Crippen molar-refractivity contribution in [3.05, 3.63) is 91.3 Å². The average Bonchev–Trinajstić information content (AvgIpc) is 3.80. The van der Waals surface area contributed by atoms with Gasteiger partial charge in [-0.3, -0.25) is 0 Å². The van der Waals surface area contributed by atoms with Gasteiger partial charge in [0.05, 0.1) is 9.75 Å². The van der Waals surface area contributed by atoms with Gasteiger partial charge in [0, 0.05) is 71.0 Å². The van der Waals surface area contributed by atoms with E-state index in [1.54, 1.807) is 36.5 Å². The molecule has 0 aromatic carbocycles. The molecular weight excluding hydrogens is 703 g/mol. The van der Waals surface area contributed by atoms with E-state index in [-0.39, 0.29) is 20.9 Å². The fraction of sp³-hybridized carbons (Fsp3) is 0.212. The number of rotatable bonds is 6. The third-order valence-corrected chi connectivity index (χ3v) is 14.6. The van der Waals surface area contributed by atoms with Crippen LogP contribution in [0.3, 0.4) is 0 Å². The molecule has 12 heteroatoms. The minimum Gasteiger partial charge on any atom is -0.194 e. The van der Waals surface area contributed by atoms with Gasteiger partial charge in [0.15, 0.2) is 0 Å². The zero-order valence-electron chi connectivity index (χ0n) is 24.0. The molecule has 0 N–H and O–H groups in total. The monoisotopic (exact) mass is 724 g/mol. The maximum Gasteiger partial charge on any atom is 0.380 e. The predicted octanol–water partition coefficient (Wildman–Crippen LogP) is 13.8. The molecule has 0 unspecified atom stereocenters. The molecule has 0 saturated heterocycles. The number of alkyl halides is 6. The van der Waals surface area contributed by atoms with Gasteiger partial charge in [-0.05, 0) is 88.4 Å². The highest BCUT2D eigenvalue weighted by atomic mass is 32.1. The van der Waals surface area contributed by atoms with Crippen LogP contribution < -0.4 is 0 Å². The first kappa shape index (κ1) is 31.1. The summed E-state index contributed by atoms with van der Waals surface area (Å²) in [6, 6.07) is 17.5. The highest BCUT2D eigenvalue weighted by Gasteiger charge is 2.80. The number of hydrogen-bond donors (Lipinski definition) is 0. The largest absolute Gasteiger partial charge is 0.380 e. The summed E-state index contributed by atoms with van der Waals surface area (Å²) in [5, 5.41) is 0. The molecular formula is C33H22F6S6. The van der Waals surface area contributed by atoms with Crippen LogP contribution in [0.15, 0.2) is 60.7 Å². The van der Waals surface area contributed by atoms with E-state index >= 15 is 26.3 Å². The molecule has 0 saturated carbocycles. The molecule has 0 atom stereocenters. The van der Waals surface area contributed by atoms with E-state index in [0.717, 1.165) is 51.9 Å². The van der Waals surface area contributed by atoms with E-state index in [2.05, 4.69) is 0 Å². The van der Waals surface area contributed by atoms with Crippen LogP contribution in [-0.2, 0) is 0 Å². The minimum absolute atomic E-state index is 0.273. The molecule has 0 aliphatic heterocycles. The molecule has 6 aromatic rings. The first-order valence-corrected chi connectivity index (χ1v) is 18.5. The van der Waals surface area contributed by atoms with Crippen molar-refractivity contribution < 1.29 is 26.3 Å². The maximum atomic E-state index is 16.1. The van der Waals surface area contributed by atoms with Crippen LogP contribution >= 0.6 is 68.0 Å². The van der Waals surface area contributed by atoms with E-state index in [0.29, 0.717) is 19.5 Å². The van der Waals surface area contributed by atoms with Crippen molar-refractivity contribution in [2.45, 2.75) is 45.5 Å². The summed E-state index contributed by atoms with van der Waals surface area (Å²) < 4.78 is 95.4. The quantitative estimate of drug-likeness (QED) is 0.150. The van der Waals surface area contributed by atoms with Gasteiger partial charge in [0.2, 0.25) is 0 Å². The standard InChI is InChI=1S/C33H22F6S6/c1-15-5-8-21(40-15)22-11-12-25(44-22)29-19(13-18(4)43-29)27-28(32(36,37)33(38,39)31(27,34)35)20-14-26(23-9-6-16(2)41-23)45-30(20)24-10-7-17(3)42-24/h5-14H,1-4H3. The lowest BCUT2D eigenvalue weighted by Gasteiger charge is -2.25. The van der Waals surface area contributed by atoms with E-state index in [4.69, 9.17) is 0 Å². The zero-order chi connectivity index (χ0) is 32.1. The number of aryl methyl sites for hydroxylation is 4. The first-order valence-electron chi connectivity index (χ1n) is 13.6. The van der Waals surface area contributed by atoms with Crippen molar-refractivity contribution >= 4 is 79.2 Å². The molecule has 45 heavy (non-hydrogen) atoms. The van der Waals surface area contributed by atoms with Gasteiger partial charge in [-0.1, -0.05) is 0 Å². The fourth-order valence-corrected chi connectivity index (χ4v) is 11.7. The number of halogens is 6. The van der Waals surface area contributed by atoms with E-state index in [1.165, 1.54) is 46.1 Å².